The Morgan fingerprint density at radius 3 is 2.65 bits per heavy atom. The zero-order valence-electron chi connectivity index (χ0n) is 14.7. The molecule has 1 aliphatic rings. The van der Waals surface area contributed by atoms with Crippen LogP contribution in [-0.4, -0.2) is 61.1 Å². The number of ether oxygens (including phenoxy) is 2. The van der Waals surface area contributed by atoms with Crippen molar-refractivity contribution in [2.45, 2.75) is 43.0 Å². The zero-order chi connectivity index (χ0) is 18.4. The Morgan fingerprint density at radius 1 is 1.27 bits per heavy atom. The fourth-order valence-electron chi connectivity index (χ4n) is 2.76. The average Bonchev–Trinajstić information content (AvgIpc) is 3.07. The third kappa shape index (κ3) is 4.81. The van der Waals surface area contributed by atoms with Gasteiger partial charge in [0.15, 0.2) is 0 Å². The molecule has 0 radical (unpaired) electrons. The highest BCUT2D eigenvalue weighted by Gasteiger charge is 2.25. The molecule has 0 aliphatic heterocycles. The van der Waals surface area contributed by atoms with E-state index in [2.05, 4.69) is 30.8 Å². The quantitative estimate of drug-likeness (QED) is 0.690. The van der Waals surface area contributed by atoms with Crippen LogP contribution in [0.15, 0.2) is 17.6 Å². The van der Waals surface area contributed by atoms with Gasteiger partial charge in [-0.25, -0.2) is 14.6 Å². The largest absolute Gasteiger partial charge is 0.477 e. The van der Waals surface area contributed by atoms with Gasteiger partial charge in [0.25, 0.3) is 11.8 Å². The number of thioether (sulfide) groups is 1. The SMILES string of the molecule is COc1nccnc1OC1CCC(NC(=O)CSc2nnnn2C)CC1. The molecular weight excluding hydrogens is 358 g/mol. The third-order valence-electron chi connectivity index (χ3n) is 4.06. The summed E-state index contributed by atoms with van der Waals surface area (Å²) in [4.78, 5) is 20.3. The van der Waals surface area contributed by atoms with Crippen LogP contribution >= 0.6 is 11.8 Å². The lowest BCUT2D eigenvalue weighted by molar-refractivity contribution is -0.119. The summed E-state index contributed by atoms with van der Waals surface area (Å²) in [7, 11) is 3.28. The van der Waals surface area contributed by atoms with Crippen molar-refractivity contribution in [3.05, 3.63) is 12.4 Å². The molecule has 0 atom stereocenters. The fraction of sp³-hybridized carbons (Fsp3) is 0.600. The van der Waals surface area contributed by atoms with Gasteiger partial charge in [-0.1, -0.05) is 11.8 Å². The van der Waals surface area contributed by atoms with Crippen LogP contribution in [0.25, 0.3) is 0 Å². The molecule has 2 aromatic heterocycles. The van der Waals surface area contributed by atoms with Crippen molar-refractivity contribution in [3.63, 3.8) is 0 Å². The number of methoxy groups -OCH3 is 1. The van der Waals surface area contributed by atoms with Crippen molar-refractivity contribution >= 4 is 17.7 Å². The van der Waals surface area contributed by atoms with E-state index in [1.807, 2.05) is 0 Å². The number of nitrogens with one attached hydrogen (secondary N) is 1. The summed E-state index contributed by atoms with van der Waals surface area (Å²) in [5.41, 5.74) is 0. The molecule has 0 saturated heterocycles. The molecule has 11 heteroatoms. The van der Waals surface area contributed by atoms with E-state index in [-0.39, 0.29) is 18.1 Å². The second-order valence-corrected chi connectivity index (χ2v) is 6.85. The molecule has 1 N–H and O–H groups in total. The molecule has 1 amide bonds. The van der Waals surface area contributed by atoms with Crippen LogP contribution in [0.4, 0.5) is 0 Å². The summed E-state index contributed by atoms with van der Waals surface area (Å²) in [6.07, 6.45) is 6.58. The number of carbonyl (C=O) groups is 1. The number of rotatable bonds is 7. The van der Waals surface area contributed by atoms with Crippen LogP contribution in [0.3, 0.4) is 0 Å². The van der Waals surface area contributed by atoms with Gasteiger partial charge in [0.05, 0.1) is 12.9 Å². The van der Waals surface area contributed by atoms with Gasteiger partial charge < -0.3 is 14.8 Å². The number of aryl methyl sites for hydroxylation is 1. The maximum Gasteiger partial charge on any atom is 0.278 e. The van der Waals surface area contributed by atoms with Crippen molar-refractivity contribution in [1.29, 1.82) is 0 Å². The van der Waals surface area contributed by atoms with Gasteiger partial charge in [-0.3, -0.25) is 4.79 Å². The minimum atomic E-state index is -0.0158. The molecule has 0 unspecified atom stereocenters. The van der Waals surface area contributed by atoms with E-state index in [9.17, 15) is 4.79 Å². The highest BCUT2D eigenvalue weighted by Crippen LogP contribution is 2.27. The number of nitrogens with zero attached hydrogens (tertiary/aromatic N) is 6. The second kappa shape index (κ2) is 8.79. The molecule has 2 aromatic rings. The minimum Gasteiger partial charge on any atom is -0.477 e. The normalized spacial score (nSPS) is 19.8. The Balaban J connectivity index is 1.41. The van der Waals surface area contributed by atoms with Crippen LogP contribution in [0, 0.1) is 0 Å². The first-order valence-corrected chi connectivity index (χ1v) is 9.30. The van der Waals surface area contributed by atoms with Gasteiger partial charge in [-0.05, 0) is 36.1 Å². The summed E-state index contributed by atoms with van der Waals surface area (Å²) in [6.45, 7) is 0. The highest BCUT2D eigenvalue weighted by atomic mass is 32.2. The average molecular weight is 379 g/mol. The summed E-state index contributed by atoms with van der Waals surface area (Å²) in [5, 5.41) is 14.8. The molecule has 0 aromatic carbocycles. The van der Waals surface area contributed by atoms with Gasteiger partial charge in [0.2, 0.25) is 11.1 Å². The van der Waals surface area contributed by atoms with E-state index in [1.54, 1.807) is 31.2 Å². The fourth-order valence-corrected chi connectivity index (χ4v) is 3.42. The molecule has 1 saturated carbocycles. The lowest BCUT2D eigenvalue weighted by atomic mass is 9.93. The first-order chi connectivity index (χ1) is 12.7. The molecule has 2 heterocycles. The maximum absolute atomic E-state index is 12.1. The van der Waals surface area contributed by atoms with Crippen molar-refractivity contribution in [2.24, 2.45) is 7.05 Å². The zero-order valence-corrected chi connectivity index (χ0v) is 15.5. The molecule has 1 aliphatic carbocycles. The van der Waals surface area contributed by atoms with Crippen LogP contribution in [-0.2, 0) is 11.8 Å². The minimum absolute atomic E-state index is 0.0158. The summed E-state index contributed by atoms with van der Waals surface area (Å²) in [6, 6.07) is 0.157. The van der Waals surface area contributed by atoms with E-state index in [0.717, 1.165) is 25.7 Å². The lowest BCUT2D eigenvalue weighted by Crippen LogP contribution is -2.40. The maximum atomic E-state index is 12.1. The standard InChI is InChI=1S/C15H21N7O3S/c1-22-15(19-20-21-22)26-9-12(23)18-10-3-5-11(6-4-10)25-14-13(24-2)16-7-8-17-14/h7-8,10-11H,3-6,9H2,1-2H3,(H,18,23). The first kappa shape index (κ1) is 18.4. The van der Waals surface area contributed by atoms with Crippen molar-refractivity contribution < 1.29 is 14.3 Å². The number of aromatic nitrogens is 6. The predicted octanol–water partition coefficient (Wildman–Crippen LogP) is 0.607. The van der Waals surface area contributed by atoms with Gasteiger partial charge >= 0.3 is 0 Å². The summed E-state index contributed by atoms with van der Waals surface area (Å²) >= 11 is 1.32. The topological polar surface area (TPSA) is 117 Å². The number of amides is 1. The van der Waals surface area contributed by atoms with E-state index >= 15 is 0 Å². The van der Waals surface area contributed by atoms with Crippen LogP contribution < -0.4 is 14.8 Å². The molecule has 10 nitrogen and oxygen atoms in total. The van der Waals surface area contributed by atoms with Crippen molar-refractivity contribution in [2.75, 3.05) is 12.9 Å². The second-order valence-electron chi connectivity index (χ2n) is 5.90. The first-order valence-electron chi connectivity index (χ1n) is 8.32. The Hall–Kier alpha value is -2.43. The van der Waals surface area contributed by atoms with Crippen molar-refractivity contribution in [3.8, 4) is 11.8 Å². The number of hydrogen-bond acceptors (Lipinski definition) is 9. The Kier molecular flexibility index (Phi) is 6.21. The number of tetrazole rings is 1. The third-order valence-corrected chi connectivity index (χ3v) is 5.07. The molecule has 26 heavy (non-hydrogen) atoms. The van der Waals surface area contributed by atoms with Gasteiger partial charge in [0, 0.05) is 25.5 Å². The number of hydrogen-bond donors (Lipinski definition) is 1. The Morgan fingerprint density at radius 2 is 2.00 bits per heavy atom. The monoisotopic (exact) mass is 379 g/mol. The Bertz CT molecular complexity index is 734. The van der Waals surface area contributed by atoms with Crippen LogP contribution in [0.1, 0.15) is 25.7 Å². The summed E-state index contributed by atoms with van der Waals surface area (Å²) in [5.74, 6) is 1.08. The Labute approximate surface area is 155 Å². The van der Waals surface area contributed by atoms with Crippen molar-refractivity contribution in [1.82, 2.24) is 35.5 Å². The smallest absolute Gasteiger partial charge is 0.278 e. The van der Waals surface area contributed by atoms with Crippen LogP contribution in [0.5, 0.6) is 11.8 Å². The number of carbonyl (C=O) groups excluding carboxylic acids is 1. The van der Waals surface area contributed by atoms with Crippen LogP contribution in [0.2, 0.25) is 0 Å². The lowest BCUT2D eigenvalue weighted by Gasteiger charge is -2.29. The van der Waals surface area contributed by atoms with Gasteiger partial charge in [-0.15, -0.1) is 5.10 Å². The molecule has 3 rings (SSSR count). The summed E-state index contributed by atoms with van der Waals surface area (Å²) < 4.78 is 12.6. The van der Waals surface area contributed by atoms with E-state index in [1.165, 1.54) is 11.8 Å². The molecule has 0 bridgehead atoms. The molecule has 140 valence electrons. The van der Waals surface area contributed by atoms with Gasteiger partial charge in [0.1, 0.15) is 6.10 Å². The van der Waals surface area contributed by atoms with E-state index in [0.29, 0.717) is 22.7 Å². The molecular formula is C15H21N7O3S. The van der Waals surface area contributed by atoms with E-state index in [4.69, 9.17) is 9.47 Å². The van der Waals surface area contributed by atoms with Gasteiger partial charge in [-0.2, -0.15) is 0 Å². The predicted molar refractivity (Wildman–Crippen MR) is 92.9 cm³/mol. The highest BCUT2D eigenvalue weighted by molar-refractivity contribution is 7.99. The molecule has 1 fully saturated rings. The van der Waals surface area contributed by atoms with E-state index < -0.39 is 0 Å². The molecule has 0 spiro atoms.